The van der Waals surface area contributed by atoms with Crippen molar-refractivity contribution < 1.29 is 4.79 Å². The normalized spacial score (nSPS) is 14.1. The topological polar surface area (TPSA) is 44.4 Å². The van der Waals surface area contributed by atoms with Gasteiger partial charge < -0.3 is 15.5 Å². The van der Waals surface area contributed by atoms with Gasteiger partial charge in [0.2, 0.25) is 5.91 Å². The van der Waals surface area contributed by atoms with Crippen molar-refractivity contribution in [2.45, 2.75) is 39.3 Å². The summed E-state index contributed by atoms with van der Waals surface area (Å²) in [6, 6.07) is -0.135. The van der Waals surface area contributed by atoms with Gasteiger partial charge in [-0.2, -0.15) is 0 Å². The van der Waals surface area contributed by atoms with E-state index in [4.69, 9.17) is 0 Å². The summed E-state index contributed by atoms with van der Waals surface area (Å²) in [5.74, 6) is 0.0567. The average molecular weight is 215 g/mol. The number of carbonyl (C=O) groups excluding carboxylic acids is 1. The van der Waals surface area contributed by atoms with Crippen LogP contribution in [0.4, 0.5) is 0 Å². The van der Waals surface area contributed by atoms with E-state index in [1.54, 1.807) is 0 Å². The fourth-order valence-electron chi connectivity index (χ4n) is 1.08. The molecule has 2 N–H and O–H groups in total. The summed E-state index contributed by atoms with van der Waals surface area (Å²) in [4.78, 5) is 13.7. The Labute approximate surface area is 93.4 Å². The van der Waals surface area contributed by atoms with E-state index in [0.717, 1.165) is 13.1 Å². The summed E-state index contributed by atoms with van der Waals surface area (Å²) in [6.07, 6.45) is 0. The van der Waals surface area contributed by atoms with Gasteiger partial charge >= 0.3 is 0 Å². The lowest BCUT2D eigenvalue weighted by atomic mass is 10.1. The Bertz CT molecular complexity index is 196. The third-order valence-electron chi connectivity index (χ3n) is 1.90. The molecule has 4 heteroatoms. The Morgan fingerprint density at radius 2 is 1.87 bits per heavy atom. The van der Waals surface area contributed by atoms with E-state index in [1.165, 1.54) is 0 Å². The minimum absolute atomic E-state index is 0.0567. The van der Waals surface area contributed by atoms with Gasteiger partial charge in [-0.15, -0.1) is 0 Å². The first-order chi connectivity index (χ1) is 6.72. The van der Waals surface area contributed by atoms with Gasteiger partial charge in [-0.25, -0.2) is 0 Å². The van der Waals surface area contributed by atoms with Crippen LogP contribution in [0.15, 0.2) is 0 Å². The molecule has 1 unspecified atom stereocenters. The lowest BCUT2D eigenvalue weighted by molar-refractivity contribution is -0.124. The highest BCUT2D eigenvalue weighted by atomic mass is 16.2. The first kappa shape index (κ1) is 14.4. The predicted octanol–water partition coefficient (Wildman–Crippen LogP) is 0.441. The fraction of sp³-hybridized carbons (Fsp3) is 0.909. The van der Waals surface area contributed by atoms with Crippen molar-refractivity contribution in [2.24, 2.45) is 0 Å². The molecule has 0 spiro atoms. The van der Waals surface area contributed by atoms with Gasteiger partial charge in [0.1, 0.15) is 0 Å². The van der Waals surface area contributed by atoms with Crippen LogP contribution in [0, 0.1) is 0 Å². The van der Waals surface area contributed by atoms with Crippen LogP contribution in [-0.4, -0.2) is 49.6 Å². The van der Waals surface area contributed by atoms with Crippen molar-refractivity contribution >= 4 is 5.91 Å². The molecule has 0 fully saturated rings. The largest absolute Gasteiger partial charge is 0.350 e. The molecule has 0 aromatic heterocycles. The molecule has 0 radical (unpaired) electrons. The lowest BCUT2D eigenvalue weighted by Gasteiger charge is -2.24. The molecule has 0 saturated heterocycles. The second kappa shape index (κ2) is 6.08. The molecule has 4 nitrogen and oxygen atoms in total. The first-order valence-electron chi connectivity index (χ1n) is 5.42. The second-order valence-electron chi connectivity index (χ2n) is 5.22. The molecule has 0 aliphatic rings. The Kier molecular flexibility index (Phi) is 5.83. The molecule has 0 heterocycles. The fourth-order valence-corrected chi connectivity index (χ4v) is 1.08. The van der Waals surface area contributed by atoms with Gasteiger partial charge in [0.05, 0.1) is 6.04 Å². The minimum atomic E-state index is -0.158. The highest BCUT2D eigenvalue weighted by Gasteiger charge is 2.18. The molecule has 0 aromatic rings. The number of likely N-dealkylation sites (N-methyl/N-ethyl adjacent to an activating group) is 1. The number of carbonyl (C=O) groups is 1. The number of hydrogen-bond donors (Lipinski definition) is 2. The van der Waals surface area contributed by atoms with Crippen LogP contribution in [0.3, 0.4) is 0 Å². The lowest BCUT2D eigenvalue weighted by Crippen LogP contribution is -2.50. The molecule has 1 amide bonds. The molecule has 0 saturated carbocycles. The summed E-state index contributed by atoms with van der Waals surface area (Å²) in [6.45, 7) is 9.60. The molecular weight excluding hydrogens is 190 g/mol. The molecule has 0 aliphatic heterocycles. The molecule has 1 atom stereocenters. The maximum atomic E-state index is 11.6. The van der Waals surface area contributed by atoms with E-state index in [1.807, 2.05) is 41.8 Å². The quantitative estimate of drug-likeness (QED) is 0.699. The molecule has 0 bridgehead atoms. The van der Waals surface area contributed by atoms with Gasteiger partial charge in [0, 0.05) is 18.6 Å². The number of rotatable bonds is 5. The van der Waals surface area contributed by atoms with Crippen LogP contribution in [0.5, 0.6) is 0 Å². The molecule has 90 valence electrons. The zero-order chi connectivity index (χ0) is 12.1. The van der Waals surface area contributed by atoms with Crippen molar-refractivity contribution in [3.05, 3.63) is 0 Å². The number of nitrogens with zero attached hydrogens (tertiary/aromatic N) is 1. The van der Waals surface area contributed by atoms with Crippen molar-refractivity contribution in [3.63, 3.8) is 0 Å². The van der Waals surface area contributed by atoms with E-state index in [2.05, 4.69) is 15.5 Å². The standard InChI is InChI=1S/C11H25N3O/c1-9(12-7-8-14(5)6)10(15)13-11(2,3)4/h9,12H,7-8H2,1-6H3,(H,13,15). The summed E-state index contributed by atoms with van der Waals surface area (Å²) in [5.41, 5.74) is -0.158. The monoisotopic (exact) mass is 215 g/mol. The molecule has 0 aromatic carbocycles. The third kappa shape index (κ3) is 8.39. The van der Waals surface area contributed by atoms with Gasteiger partial charge in [-0.05, 0) is 41.8 Å². The number of hydrogen-bond acceptors (Lipinski definition) is 3. The van der Waals surface area contributed by atoms with E-state index >= 15 is 0 Å². The van der Waals surface area contributed by atoms with Gasteiger partial charge in [-0.3, -0.25) is 4.79 Å². The van der Waals surface area contributed by atoms with Crippen molar-refractivity contribution in [3.8, 4) is 0 Å². The maximum absolute atomic E-state index is 11.6. The van der Waals surface area contributed by atoms with Crippen molar-refractivity contribution in [1.29, 1.82) is 0 Å². The van der Waals surface area contributed by atoms with Crippen LogP contribution in [0.1, 0.15) is 27.7 Å². The van der Waals surface area contributed by atoms with E-state index < -0.39 is 0 Å². The Morgan fingerprint density at radius 3 is 2.27 bits per heavy atom. The molecule has 0 aliphatic carbocycles. The summed E-state index contributed by atoms with van der Waals surface area (Å²) < 4.78 is 0. The molecule has 0 rings (SSSR count). The summed E-state index contributed by atoms with van der Waals surface area (Å²) in [7, 11) is 4.03. The van der Waals surface area contributed by atoms with Gasteiger partial charge in [0.25, 0.3) is 0 Å². The van der Waals surface area contributed by atoms with E-state index in [0.29, 0.717) is 0 Å². The maximum Gasteiger partial charge on any atom is 0.237 e. The highest BCUT2D eigenvalue weighted by molar-refractivity contribution is 5.81. The third-order valence-corrected chi connectivity index (χ3v) is 1.90. The van der Waals surface area contributed by atoms with Crippen LogP contribution in [0.2, 0.25) is 0 Å². The zero-order valence-electron chi connectivity index (χ0n) is 10.8. The van der Waals surface area contributed by atoms with E-state index in [9.17, 15) is 4.79 Å². The average Bonchev–Trinajstić information content (AvgIpc) is 1.99. The predicted molar refractivity (Wildman–Crippen MR) is 63.9 cm³/mol. The van der Waals surface area contributed by atoms with Gasteiger partial charge in [-0.1, -0.05) is 0 Å². The highest BCUT2D eigenvalue weighted by Crippen LogP contribution is 1.99. The SMILES string of the molecule is CC(NCCN(C)C)C(=O)NC(C)(C)C. The molecule has 15 heavy (non-hydrogen) atoms. The van der Waals surface area contributed by atoms with Gasteiger partial charge in [0.15, 0.2) is 0 Å². The number of amides is 1. The smallest absolute Gasteiger partial charge is 0.237 e. The van der Waals surface area contributed by atoms with E-state index in [-0.39, 0.29) is 17.5 Å². The second-order valence-corrected chi connectivity index (χ2v) is 5.22. The Hall–Kier alpha value is -0.610. The van der Waals surface area contributed by atoms with Crippen LogP contribution in [-0.2, 0) is 4.79 Å². The first-order valence-corrected chi connectivity index (χ1v) is 5.42. The minimum Gasteiger partial charge on any atom is -0.350 e. The summed E-state index contributed by atoms with van der Waals surface area (Å²) >= 11 is 0. The van der Waals surface area contributed by atoms with Crippen molar-refractivity contribution in [1.82, 2.24) is 15.5 Å². The molecular formula is C11H25N3O. The van der Waals surface area contributed by atoms with Crippen molar-refractivity contribution in [2.75, 3.05) is 27.2 Å². The summed E-state index contributed by atoms with van der Waals surface area (Å²) in [5, 5.41) is 6.12. The Balaban J connectivity index is 3.80. The van der Waals surface area contributed by atoms with Crippen LogP contribution in [0.25, 0.3) is 0 Å². The Morgan fingerprint density at radius 1 is 1.33 bits per heavy atom. The number of nitrogens with one attached hydrogen (secondary N) is 2. The van der Waals surface area contributed by atoms with Crippen LogP contribution < -0.4 is 10.6 Å². The van der Waals surface area contributed by atoms with Crippen LogP contribution >= 0.6 is 0 Å². The zero-order valence-corrected chi connectivity index (χ0v) is 10.8.